The van der Waals surface area contributed by atoms with Crippen molar-refractivity contribution < 1.29 is 23.9 Å². The molecule has 36 heavy (non-hydrogen) atoms. The van der Waals surface area contributed by atoms with Crippen molar-refractivity contribution in [3.8, 4) is 0 Å². The van der Waals surface area contributed by atoms with E-state index in [4.69, 9.17) is 9.47 Å². The lowest BCUT2D eigenvalue weighted by molar-refractivity contribution is 0.0532. The van der Waals surface area contributed by atoms with Gasteiger partial charge in [0, 0.05) is 25.8 Å². The number of nitrogens with zero attached hydrogens (tertiary/aromatic N) is 5. The number of anilines is 1. The Morgan fingerprint density at radius 3 is 2.58 bits per heavy atom. The summed E-state index contributed by atoms with van der Waals surface area (Å²) in [6.45, 7) is 10.1. The molecule has 12 heteroatoms. The number of esters is 1. The van der Waals surface area contributed by atoms with E-state index in [1.807, 2.05) is 13.8 Å². The number of aryl methyl sites for hydroxylation is 2. The standard InChI is InChI=1S/C24H31N7O5/c1-7-31-18(12-15(2)29-31)20(32)28-22-27-17-13-16(21(33)35-6)14-26-19(17)30(22)11-9-8-10-25-23(34)36-24(3,4)5/h8-9,12-14H,7,10-11H2,1-6H3,(H,25,34)(H,27,28,32)/b9-8+. The Morgan fingerprint density at radius 2 is 1.92 bits per heavy atom. The number of carbonyl (C=O) groups is 3. The number of allylic oxidation sites excluding steroid dienone is 1. The number of aromatic nitrogens is 5. The number of hydrogen-bond donors (Lipinski definition) is 2. The van der Waals surface area contributed by atoms with Crippen molar-refractivity contribution in [2.75, 3.05) is 19.0 Å². The summed E-state index contributed by atoms with van der Waals surface area (Å²) in [7, 11) is 1.28. The van der Waals surface area contributed by atoms with E-state index in [-0.39, 0.29) is 24.0 Å². The zero-order valence-electron chi connectivity index (χ0n) is 21.3. The van der Waals surface area contributed by atoms with Crippen molar-refractivity contribution in [1.82, 2.24) is 29.6 Å². The predicted molar refractivity (Wildman–Crippen MR) is 133 cm³/mol. The number of nitrogens with one attached hydrogen (secondary N) is 2. The van der Waals surface area contributed by atoms with Crippen molar-refractivity contribution in [3.05, 3.63) is 47.4 Å². The predicted octanol–water partition coefficient (Wildman–Crippen LogP) is 3.08. The van der Waals surface area contributed by atoms with E-state index in [1.165, 1.54) is 13.3 Å². The van der Waals surface area contributed by atoms with Crippen LogP contribution in [0.15, 0.2) is 30.5 Å². The number of hydrogen-bond acceptors (Lipinski definition) is 8. The van der Waals surface area contributed by atoms with Crippen molar-refractivity contribution in [2.45, 2.75) is 53.3 Å². The number of imidazole rings is 1. The van der Waals surface area contributed by atoms with E-state index < -0.39 is 17.7 Å². The van der Waals surface area contributed by atoms with Gasteiger partial charge < -0.3 is 14.8 Å². The van der Waals surface area contributed by atoms with Gasteiger partial charge in [-0.05, 0) is 46.8 Å². The first-order valence-corrected chi connectivity index (χ1v) is 11.4. The van der Waals surface area contributed by atoms with Crippen LogP contribution in [-0.2, 0) is 22.6 Å². The Labute approximate surface area is 208 Å². The van der Waals surface area contributed by atoms with E-state index in [9.17, 15) is 14.4 Å². The molecular formula is C24H31N7O5. The maximum atomic E-state index is 13.0. The number of carbonyl (C=O) groups excluding carboxylic acids is 3. The number of rotatable bonds is 8. The number of methoxy groups -OCH3 is 1. The fourth-order valence-electron chi connectivity index (χ4n) is 3.36. The van der Waals surface area contributed by atoms with Crippen LogP contribution in [-0.4, -0.2) is 61.5 Å². The smallest absolute Gasteiger partial charge is 0.407 e. The topological polar surface area (TPSA) is 142 Å². The first-order valence-electron chi connectivity index (χ1n) is 11.4. The Morgan fingerprint density at radius 1 is 1.17 bits per heavy atom. The Kier molecular flexibility index (Phi) is 8.07. The molecule has 12 nitrogen and oxygen atoms in total. The van der Waals surface area contributed by atoms with Crippen LogP contribution in [0.4, 0.5) is 10.7 Å². The third-order valence-corrected chi connectivity index (χ3v) is 4.88. The van der Waals surface area contributed by atoms with Crippen LogP contribution in [0.1, 0.15) is 54.2 Å². The second-order valence-electron chi connectivity index (χ2n) is 8.90. The molecule has 0 saturated heterocycles. The molecule has 192 valence electrons. The summed E-state index contributed by atoms with van der Waals surface area (Å²) in [6, 6.07) is 3.25. The molecule has 0 aromatic carbocycles. The molecule has 0 unspecified atom stereocenters. The molecule has 0 fully saturated rings. The molecule has 3 heterocycles. The van der Waals surface area contributed by atoms with Gasteiger partial charge in [-0.15, -0.1) is 0 Å². The highest BCUT2D eigenvalue weighted by molar-refractivity contribution is 6.03. The number of pyridine rings is 1. The largest absolute Gasteiger partial charge is 0.465 e. The summed E-state index contributed by atoms with van der Waals surface area (Å²) >= 11 is 0. The van der Waals surface area contributed by atoms with Crippen LogP contribution in [0.2, 0.25) is 0 Å². The van der Waals surface area contributed by atoms with Gasteiger partial charge in [0.15, 0.2) is 5.65 Å². The summed E-state index contributed by atoms with van der Waals surface area (Å²) in [5, 5.41) is 9.78. The van der Waals surface area contributed by atoms with E-state index in [1.54, 1.807) is 54.3 Å². The van der Waals surface area contributed by atoms with Crippen LogP contribution < -0.4 is 10.6 Å². The van der Waals surface area contributed by atoms with Gasteiger partial charge in [-0.1, -0.05) is 12.2 Å². The molecule has 3 rings (SSSR count). The van der Waals surface area contributed by atoms with Gasteiger partial charge in [0.2, 0.25) is 5.95 Å². The minimum atomic E-state index is -0.586. The van der Waals surface area contributed by atoms with Crippen molar-refractivity contribution >= 4 is 35.1 Å². The molecule has 3 aromatic rings. The summed E-state index contributed by atoms with van der Waals surface area (Å²) in [5.74, 6) is -0.673. The zero-order chi connectivity index (χ0) is 26.5. The lowest BCUT2D eigenvalue weighted by atomic mass is 10.2. The second-order valence-corrected chi connectivity index (χ2v) is 8.90. The molecule has 0 saturated carbocycles. The average molecular weight is 498 g/mol. The van der Waals surface area contributed by atoms with Gasteiger partial charge >= 0.3 is 12.1 Å². The summed E-state index contributed by atoms with van der Waals surface area (Å²) in [5.41, 5.74) is 1.65. The first-order chi connectivity index (χ1) is 17.0. The van der Waals surface area contributed by atoms with Gasteiger partial charge in [-0.2, -0.15) is 5.10 Å². The third-order valence-electron chi connectivity index (χ3n) is 4.88. The molecule has 0 atom stereocenters. The molecule has 2 N–H and O–H groups in total. The first kappa shape index (κ1) is 26.4. The van der Waals surface area contributed by atoms with Crippen molar-refractivity contribution in [1.29, 1.82) is 0 Å². The fourth-order valence-corrected chi connectivity index (χ4v) is 3.36. The molecule has 0 aliphatic rings. The van der Waals surface area contributed by atoms with E-state index in [0.29, 0.717) is 29.9 Å². The van der Waals surface area contributed by atoms with Gasteiger partial charge in [-0.3, -0.25) is 19.4 Å². The summed E-state index contributed by atoms with van der Waals surface area (Å²) in [6.07, 6.45) is 4.42. The van der Waals surface area contributed by atoms with E-state index in [2.05, 4.69) is 25.7 Å². The maximum absolute atomic E-state index is 13.0. The van der Waals surface area contributed by atoms with Crippen LogP contribution >= 0.6 is 0 Å². The second kappa shape index (κ2) is 11.0. The highest BCUT2D eigenvalue weighted by Crippen LogP contribution is 2.20. The minimum absolute atomic E-state index is 0.240. The summed E-state index contributed by atoms with van der Waals surface area (Å²) in [4.78, 5) is 45.6. The zero-order valence-corrected chi connectivity index (χ0v) is 21.3. The maximum Gasteiger partial charge on any atom is 0.407 e. The number of alkyl carbamates (subject to hydrolysis) is 1. The monoisotopic (exact) mass is 497 g/mol. The van der Waals surface area contributed by atoms with Gasteiger partial charge in [0.1, 0.15) is 16.8 Å². The van der Waals surface area contributed by atoms with E-state index in [0.717, 1.165) is 5.69 Å². The van der Waals surface area contributed by atoms with E-state index >= 15 is 0 Å². The molecule has 2 amide bonds. The van der Waals surface area contributed by atoms with Crippen molar-refractivity contribution in [2.24, 2.45) is 0 Å². The third kappa shape index (κ3) is 6.46. The quantitative estimate of drug-likeness (QED) is 0.357. The fraction of sp³-hybridized carbons (Fsp3) is 0.417. The Balaban J connectivity index is 1.84. The lowest BCUT2D eigenvalue weighted by Gasteiger charge is -2.19. The number of fused-ring (bicyclic) bond motifs is 1. The van der Waals surface area contributed by atoms with Crippen LogP contribution in [0.25, 0.3) is 11.2 Å². The Hall–Kier alpha value is -4.22. The van der Waals surface area contributed by atoms with Crippen LogP contribution in [0, 0.1) is 6.92 Å². The highest BCUT2D eigenvalue weighted by Gasteiger charge is 2.20. The lowest BCUT2D eigenvalue weighted by Crippen LogP contribution is -2.32. The minimum Gasteiger partial charge on any atom is -0.465 e. The van der Waals surface area contributed by atoms with Gasteiger partial charge in [0.25, 0.3) is 5.91 Å². The Bertz CT molecular complexity index is 1300. The molecule has 0 aliphatic heterocycles. The molecule has 0 aliphatic carbocycles. The average Bonchev–Trinajstić information content (AvgIpc) is 3.36. The number of ether oxygens (including phenoxy) is 2. The van der Waals surface area contributed by atoms with Crippen LogP contribution in [0.5, 0.6) is 0 Å². The van der Waals surface area contributed by atoms with Gasteiger partial charge in [0.05, 0.1) is 18.4 Å². The van der Waals surface area contributed by atoms with Crippen LogP contribution in [0.3, 0.4) is 0 Å². The van der Waals surface area contributed by atoms with Gasteiger partial charge in [-0.25, -0.2) is 19.6 Å². The molecular weight excluding hydrogens is 466 g/mol. The normalized spacial score (nSPS) is 11.6. The molecule has 0 bridgehead atoms. The SMILES string of the molecule is CCn1nc(C)cc1C(=O)Nc1nc2cc(C(=O)OC)cnc2n1C/C=C/CNC(=O)OC(C)(C)C. The summed E-state index contributed by atoms with van der Waals surface area (Å²) < 4.78 is 13.3. The molecule has 3 aromatic heterocycles. The van der Waals surface area contributed by atoms with Crippen molar-refractivity contribution in [3.63, 3.8) is 0 Å². The molecule has 0 radical (unpaired) electrons. The highest BCUT2D eigenvalue weighted by atomic mass is 16.6. The number of amides is 2. The molecule has 0 spiro atoms.